The van der Waals surface area contributed by atoms with Crippen molar-refractivity contribution in [2.24, 2.45) is 7.05 Å². The molecular formula is C7H7ClN4O. The number of fused-ring (bicyclic) bond motifs is 1. The van der Waals surface area contributed by atoms with Crippen LogP contribution in [0.3, 0.4) is 0 Å². The molecule has 6 heteroatoms. The van der Waals surface area contributed by atoms with Gasteiger partial charge < -0.3 is 4.57 Å². The maximum atomic E-state index is 11.5. The lowest BCUT2D eigenvalue weighted by atomic mass is 10.6. The van der Waals surface area contributed by atoms with E-state index in [1.165, 1.54) is 4.57 Å². The van der Waals surface area contributed by atoms with Gasteiger partial charge in [0.25, 0.3) is 5.56 Å². The minimum Gasteiger partial charge on any atom is -0.314 e. The first kappa shape index (κ1) is 8.25. The molecule has 0 fully saturated rings. The third kappa shape index (κ3) is 1.12. The molecular weight excluding hydrogens is 192 g/mol. The summed E-state index contributed by atoms with van der Waals surface area (Å²) in [6.07, 6.45) is 3.36. The van der Waals surface area contributed by atoms with Crippen LogP contribution in [0.4, 0.5) is 0 Å². The Bertz CT molecular complexity index is 501. The number of nitrogens with zero attached hydrogens (tertiary/aromatic N) is 4. The van der Waals surface area contributed by atoms with Crippen LogP contribution >= 0.6 is 11.6 Å². The van der Waals surface area contributed by atoms with Gasteiger partial charge in [0.15, 0.2) is 5.82 Å². The lowest BCUT2D eigenvalue weighted by Crippen LogP contribution is -2.18. The molecule has 13 heavy (non-hydrogen) atoms. The summed E-state index contributed by atoms with van der Waals surface area (Å²) in [5, 5.41) is 7.53. The normalized spacial score (nSPS) is 10.9. The van der Waals surface area contributed by atoms with Crippen LogP contribution in [-0.2, 0) is 12.9 Å². The fraction of sp³-hybridized carbons (Fsp3) is 0.286. The zero-order valence-corrected chi connectivity index (χ0v) is 7.69. The SMILES string of the molecule is Cn1ccn2c(CCl)nnc2c1=O. The highest BCUT2D eigenvalue weighted by atomic mass is 35.5. The first-order chi connectivity index (χ1) is 6.24. The maximum absolute atomic E-state index is 11.5. The zero-order chi connectivity index (χ0) is 9.42. The number of alkyl halides is 1. The summed E-state index contributed by atoms with van der Waals surface area (Å²) >= 11 is 5.61. The van der Waals surface area contributed by atoms with Crippen LogP contribution in [0.5, 0.6) is 0 Å². The van der Waals surface area contributed by atoms with E-state index < -0.39 is 0 Å². The minimum atomic E-state index is -0.175. The second-order valence-electron chi connectivity index (χ2n) is 2.66. The Hall–Kier alpha value is -1.36. The van der Waals surface area contributed by atoms with Gasteiger partial charge in [-0.2, -0.15) is 0 Å². The molecule has 0 atom stereocenters. The van der Waals surface area contributed by atoms with Gasteiger partial charge in [-0.15, -0.1) is 21.8 Å². The molecule has 0 bridgehead atoms. The zero-order valence-electron chi connectivity index (χ0n) is 6.94. The smallest absolute Gasteiger partial charge is 0.295 e. The van der Waals surface area contributed by atoms with E-state index >= 15 is 0 Å². The average molecular weight is 199 g/mol. The van der Waals surface area contributed by atoms with Crippen molar-refractivity contribution < 1.29 is 0 Å². The van der Waals surface area contributed by atoms with E-state index in [4.69, 9.17) is 11.6 Å². The van der Waals surface area contributed by atoms with Crippen LogP contribution in [0.25, 0.3) is 5.65 Å². The molecule has 0 radical (unpaired) electrons. The van der Waals surface area contributed by atoms with Crippen molar-refractivity contribution >= 4 is 17.2 Å². The summed E-state index contributed by atoms with van der Waals surface area (Å²) in [6, 6.07) is 0. The Morgan fingerprint density at radius 1 is 1.46 bits per heavy atom. The molecule has 0 unspecified atom stereocenters. The first-order valence-corrected chi connectivity index (χ1v) is 4.22. The number of rotatable bonds is 1. The van der Waals surface area contributed by atoms with Gasteiger partial charge in [-0.05, 0) is 0 Å². The molecule has 2 aromatic heterocycles. The summed E-state index contributed by atoms with van der Waals surface area (Å²) in [4.78, 5) is 11.5. The number of aromatic nitrogens is 4. The molecule has 0 N–H and O–H groups in total. The molecule has 2 heterocycles. The maximum Gasteiger partial charge on any atom is 0.295 e. The van der Waals surface area contributed by atoms with Gasteiger partial charge in [-0.3, -0.25) is 9.20 Å². The highest BCUT2D eigenvalue weighted by Gasteiger charge is 2.07. The fourth-order valence-corrected chi connectivity index (χ4v) is 1.29. The quantitative estimate of drug-likeness (QED) is 0.614. The van der Waals surface area contributed by atoms with Crippen LogP contribution in [0.1, 0.15) is 5.82 Å². The van der Waals surface area contributed by atoms with Crippen LogP contribution in [-0.4, -0.2) is 19.2 Å². The summed E-state index contributed by atoms with van der Waals surface area (Å²) in [7, 11) is 1.66. The molecule has 5 nitrogen and oxygen atoms in total. The lowest BCUT2D eigenvalue weighted by Gasteiger charge is -1.97. The van der Waals surface area contributed by atoms with Gasteiger partial charge in [-0.25, -0.2) is 0 Å². The standard InChI is InChI=1S/C7H7ClN4O/c1-11-2-3-12-5(4-8)9-10-6(12)7(11)13/h2-3H,4H2,1H3. The Balaban J connectivity index is 2.89. The molecule has 0 aliphatic carbocycles. The second-order valence-corrected chi connectivity index (χ2v) is 2.92. The van der Waals surface area contributed by atoms with Crippen LogP contribution < -0.4 is 5.56 Å². The molecule has 0 spiro atoms. The van der Waals surface area contributed by atoms with E-state index in [1.807, 2.05) is 0 Å². The lowest BCUT2D eigenvalue weighted by molar-refractivity contribution is 0.837. The van der Waals surface area contributed by atoms with Gasteiger partial charge in [0.2, 0.25) is 5.65 Å². The van der Waals surface area contributed by atoms with Gasteiger partial charge in [-0.1, -0.05) is 0 Å². The predicted octanol–water partition coefficient (Wildman–Crippen LogP) is 0.167. The van der Waals surface area contributed by atoms with Gasteiger partial charge in [0.1, 0.15) is 0 Å². The van der Waals surface area contributed by atoms with E-state index in [9.17, 15) is 4.79 Å². The van der Waals surface area contributed by atoms with E-state index in [0.29, 0.717) is 11.5 Å². The molecule has 0 aliphatic heterocycles. The summed E-state index contributed by atoms with van der Waals surface area (Å²) in [5.41, 5.74) is 0.131. The molecule has 2 aromatic rings. The van der Waals surface area contributed by atoms with Crippen LogP contribution in [0, 0.1) is 0 Å². The van der Waals surface area contributed by atoms with Crippen molar-refractivity contribution in [2.45, 2.75) is 5.88 Å². The molecule has 0 aromatic carbocycles. The Morgan fingerprint density at radius 2 is 2.23 bits per heavy atom. The van der Waals surface area contributed by atoms with E-state index in [0.717, 1.165) is 0 Å². The van der Waals surface area contributed by atoms with Crippen LogP contribution in [0.15, 0.2) is 17.2 Å². The Kier molecular flexibility index (Phi) is 1.81. The largest absolute Gasteiger partial charge is 0.314 e. The molecule has 0 aliphatic rings. The second kappa shape index (κ2) is 2.85. The molecule has 68 valence electrons. The Morgan fingerprint density at radius 3 is 2.92 bits per heavy atom. The van der Waals surface area contributed by atoms with Crippen molar-refractivity contribution in [2.75, 3.05) is 0 Å². The molecule has 0 amide bonds. The van der Waals surface area contributed by atoms with Crippen molar-refractivity contribution in [1.82, 2.24) is 19.2 Å². The number of aryl methyl sites for hydroxylation is 1. The number of halogens is 1. The van der Waals surface area contributed by atoms with Crippen molar-refractivity contribution in [1.29, 1.82) is 0 Å². The molecule has 2 rings (SSSR count). The van der Waals surface area contributed by atoms with Crippen LogP contribution in [0.2, 0.25) is 0 Å². The molecule has 0 saturated heterocycles. The average Bonchev–Trinajstić information content (AvgIpc) is 2.55. The van der Waals surface area contributed by atoms with Gasteiger partial charge >= 0.3 is 0 Å². The first-order valence-electron chi connectivity index (χ1n) is 3.69. The fourth-order valence-electron chi connectivity index (χ4n) is 1.11. The van der Waals surface area contributed by atoms with E-state index in [-0.39, 0.29) is 11.4 Å². The monoisotopic (exact) mass is 198 g/mol. The number of hydrogen-bond acceptors (Lipinski definition) is 3. The summed E-state index contributed by atoms with van der Waals surface area (Å²) < 4.78 is 3.04. The van der Waals surface area contributed by atoms with Crippen molar-refractivity contribution in [3.8, 4) is 0 Å². The summed E-state index contributed by atoms with van der Waals surface area (Å²) in [5.74, 6) is 0.822. The van der Waals surface area contributed by atoms with Crippen molar-refractivity contribution in [3.05, 3.63) is 28.6 Å². The topological polar surface area (TPSA) is 52.2 Å². The van der Waals surface area contributed by atoms with Crippen molar-refractivity contribution in [3.63, 3.8) is 0 Å². The summed E-state index contributed by atoms with van der Waals surface area (Å²) in [6.45, 7) is 0. The third-order valence-electron chi connectivity index (χ3n) is 1.84. The van der Waals surface area contributed by atoms with Gasteiger partial charge in [0, 0.05) is 19.4 Å². The van der Waals surface area contributed by atoms with E-state index in [1.54, 1.807) is 23.8 Å². The van der Waals surface area contributed by atoms with Gasteiger partial charge in [0.05, 0.1) is 5.88 Å². The molecule has 0 saturated carbocycles. The third-order valence-corrected chi connectivity index (χ3v) is 2.08. The highest BCUT2D eigenvalue weighted by molar-refractivity contribution is 6.16. The highest BCUT2D eigenvalue weighted by Crippen LogP contribution is 2.00. The minimum absolute atomic E-state index is 0.175. The van der Waals surface area contributed by atoms with E-state index in [2.05, 4.69) is 10.2 Å². The predicted molar refractivity (Wildman–Crippen MR) is 47.8 cm³/mol. The Labute approximate surface area is 78.6 Å². The number of hydrogen-bond donors (Lipinski definition) is 0.